The fraction of sp³-hybridized carbons (Fsp3) is 0.353. The summed E-state index contributed by atoms with van der Waals surface area (Å²) >= 11 is 0. The van der Waals surface area contributed by atoms with E-state index < -0.39 is 0 Å². The highest BCUT2D eigenvalue weighted by molar-refractivity contribution is 5.64. The average Bonchev–Trinajstić information content (AvgIpc) is 2.75. The second-order valence-electron chi connectivity index (χ2n) is 5.49. The predicted molar refractivity (Wildman–Crippen MR) is 74.6 cm³/mol. The van der Waals surface area contributed by atoms with E-state index in [2.05, 4.69) is 55.9 Å². The van der Waals surface area contributed by atoms with E-state index in [0.29, 0.717) is 0 Å². The van der Waals surface area contributed by atoms with Crippen molar-refractivity contribution in [3.05, 3.63) is 52.7 Å². The molecule has 0 saturated carbocycles. The van der Waals surface area contributed by atoms with E-state index in [1.165, 1.54) is 41.6 Å². The highest BCUT2D eigenvalue weighted by Gasteiger charge is 2.17. The Kier molecular flexibility index (Phi) is 2.70. The highest BCUT2D eigenvalue weighted by atomic mass is 14.9. The molecular formula is C17H20N+. The van der Waals surface area contributed by atoms with Gasteiger partial charge in [-0.25, -0.2) is 4.57 Å². The van der Waals surface area contributed by atoms with Gasteiger partial charge in [-0.2, -0.15) is 0 Å². The van der Waals surface area contributed by atoms with Gasteiger partial charge >= 0.3 is 0 Å². The highest BCUT2D eigenvalue weighted by Crippen LogP contribution is 2.29. The Hall–Kier alpha value is -1.63. The normalized spacial score (nSPS) is 13.7. The average molecular weight is 238 g/mol. The molecule has 1 heteroatoms. The minimum atomic E-state index is 1.25. The van der Waals surface area contributed by atoms with Gasteiger partial charge in [0.05, 0.1) is 0 Å². The smallest absolute Gasteiger partial charge is 0.201 e. The molecule has 92 valence electrons. The van der Waals surface area contributed by atoms with Gasteiger partial charge in [0.2, 0.25) is 5.69 Å². The summed E-state index contributed by atoms with van der Waals surface area (Å²) in [5.41, 5.74) is 8.52. The second kappa shape index (κ2) is 4.24. The first-order valence-electron chi connectivity index (χ1n) is 6.74. The van der Waals surface area contributed by atoms with Crippen LogP contribution < -0.4 is 4.57 Å². The van der Waals surface area contributed by atoms with E-state index in [0.717, 1.165) is 0 Å². The largest absolute Gasteiger partial charge is 0.212 e. The standard InChI is InChI=1S/C17H20N/c1-12-7-8-17(18(3)11-12)16-10-15-6-4-5-14(15)9-13(16)2/h7-11H,4-6H2,1-3H3/q+1. The van der Waals surface area contributed by atoms with Crippen LogP contribution in [-0.4, -0.2) is 0 Å². The quantitative estimate of drug-likeness (QED) is 0.671. The number of benzene rings is 1. The van der Waals surface area contributed by atoms with Gasteiger partial charge in [0, 0.05) is 17.2 Å². The van der Waals surface area contributed by atoms with Crippen LogP contribution in [0.5, 0.6) is 0 Å². The van der Waals surface area contributed by atoms with Gasteiger partial charge in [-0.05, 0) is 61.9 Å². The Morgan fingerprint density at radius 3 is 2.44 bits per heavy atom. The molecule has 1 nitrogen and oxygen atoms in total. The first kappa shape index (κ1) is 11.5. The van der Waals surface area contributed by atoms with E-state index in [4.69, 9.17) is 0 Å². The molecule has 18 heavy (non-hydrogen) atoms. The van der Waals surface area contributed by atoms with Crippen molar-refractivity contribution in [1.82, 2.24) is 0 Å². The van der Waals surface area contributed by atoms with Crippen LogP contribution in [0, 0.1) is 13.8 Å². The van der Waals surface area contributed by atoms with Crippen LogP contribution in [0.4, 0.5) is 0 Å². The van der Waals surface area contributed by atoms with Crippen molar-refractivity contribution in [3.63, 3.8) is 0 Å². The second-order valence-corrected chi connectivity index (χ2v) is 5.49. The van der Waals surface area contributed by atoms with Crippen LogP contribution in [0.2, 0.25) is 0 Å². The lowest BCUT2D eigenvalue weighted by Crippen LogP contribution is -2.31. The molecule has 0 bridgehead atoms. The number of fused-ring (bicyclic) bond motifs is 1. The molecule has 0 radical (unpaired) electrons. The van der Waals surface area contributed by atoms with Gasteiger partial charge in [0.25, 0.3) is 0 Å². The summed E-state index contributed by atoms with van der Waals surface area (Å²) in [5.74, 6) is 0. The van der Waals surface area contributed by atoms with Crippen LogP contribution in [0.25, 0.3) is 11.3 Å². The number of rotatable bonds is 1. The van der Waals surface area contributed by atoms with E-state index in [9.17, 15) is 0 Å². The third kappa shape index (κ3) is 1.84. The monoisotopic (exact) mass is 238 g/mol. The molecule has 1 aliphatic carbocycles. The fourth-order valence-corrected chi connectivity index (χ4v) is 3.05. The van der Waals surface area contributed by atoms with Gasteiger partial charge in [-0.3, -0.25) is 0 Å². The third-order valence-corrected chi connectivity index (χ3v) is 4.00. The molecule has 0 aliphatic heterocycles. The Balaban J connectivity index is 2.17. The van der Waals surface area contributed by atoms with Crippen LogP contribution in [-0.2, 0) is 19.9 Å². The lowest BCUT2D eigenvalue weighted by molar-refractivity contribution is -0.660. The minimum Gasteiger partial charge on any atom is -0.201 e. The van der Waals surface area contributed by atoms with E-state index in [-0.39, 0.29) is 0 Å². The summed E-state index contributed by atoms with van der Waals surface area (Å²) in [7, 11) is 2.13. The molecule has 0 fully saturated rings. The van der Waals surface area contributed by atoms with Crippen molar-refractivity contribution in [2.24, 2.45) is 7.05 Å². The fourth-order valence-electron chi connectivity index (χ4n) is 3.05. The van der Waals surface area contributed by atoms with Crippen LogP contribution in [0.15, 0.2) is 30.5 Å². The molecule has 3 rings (SSSR count). The molecule has 0 amide bonds. The van der Waals surface area contributed by atoms with E-state index in [1.54, 1.807) is 11.1 Å². The molecule has 0 saturated heterocycles. The zero-order valence-electron chi connectivity index (χ0n) is 11.5. The number of pyridine rings is 1. The van der Waals surface area contributed by atoms with Gasteiger partial charge in [0.15, 0.2) is 6.20 Å². The maximum absolute atomic E-state index is 2.41. The van der Waals surface area contributed by atoms with Crippen molar-refractivity contribution in [1.29, 1.82) is 0 Å². The van der Waals surface area contributed by atoms with Gasteiger partial charge in [0.1, 0.15) is 7.05 Å². The molecule has 0 unspecified atom stereocenters. The maximum Gasteiger partial charge on any atom is 0.212 e. The van der Waals surface area contributed by atoms with Crippen LogP contribution >= 0.6 is 0 Å². The SMILES string of the molecule is Cc1ccc(-c2cc3c(cc2C)CCC3)[n+](C)c1. The Morgan fingerprint density at radius 1 is 1.00 bits per heavy atom. The topological polar surface area (TPSA) is 3.88 Å². The van der Waals surface area contributed by atoms with Crippen molar-refractivity contribution >= 4 is 0 Å². The maximum atomic E-state index is 2.41. The van der Waals surface area contributed by atoms with Crippen molar-refractivity contribution in [3.8, 4) is 11.3 Å². The number of aryl methyl sites for hydroxylation is 5. The Morgan fingerprint density at radius 2 is 1.72 bits per heavy atom. The molecule has 1 aromatic heterocycles. The molecule has 2 aromatic rings. The number of nitrogens with zero attached hydrogens (tertiary/aromatic N) is 1. The van der Waals surface area contributed by atoms with Crippen LogP contribution in [0.1, 0.15) is 28.7 Å². The van der Waals surface area contributed by atoms with E-state index in [1.807, 2.05) is 0 Å². The summed E-state index contributed by atoms with van der Waals surface area (Å²) < 4.78 is 2.24. The van der Waals surface area contributed by atoms with Gasteiger partial charge < -0.3 is 0 Å². The molecule has 1 heterocycles. The van der Waals surface area contributed by atoms with Gasteiger partial charge in [-0.1, -0.05) is 6.07 Å². The number of aromatic nitrogens is 1. The van der Waals surface area contributed by atoms with E-state index >= 15 is 0 Å². The Bertz CT molecular complexity index is 611. The summed E-state index contributed by atoms with van der Waals surface area (Å²) in [5, 5.41) is 0. The number of hydrogen-bond acceptors (Lipinski definition) is 0. The first-order valence-corrected chi connectivity index (χ1v) is 6.74. The molecule has 0 N–H and O–H groups in total. The predicted octanol–water partition coefficient (Wildman–Crippen LogP) is 3.28. The van der Waals surface area contributed by atoms with Crippen LogP contribution in [0.3, 0.4) is 0 Å². The molecule has 0 atom stereocenters. The lowest BCUT2D eigenvalue weighted by Gasteiger charge is -2.08. The molecule has 1 aromatic carbocycles. The molecular weight excluding hydrogens is 218 g/mol. The number of hydrogen-bond donors (Lipinski definition) is 0. The Labute approximate surface area is 109 Å². The lowest BCUT2D eigenvalue weighted by atomic mass is 9.98. The molecule has 0 spiro atoms. The third-order valence-electron chi connectivity index (χ3n) is 4.00. The molecule has 1 aliphatic rings. The van der Waals surface area contributed by atoms with Gasteiger partial charge in [-0.15, -0.1) is 0 Å². The zero-order valence-corrected chi connectivity index (χ0v) is 11.5. The first-order chi connectivity index (χ1) is 8.65. The summed E-state index contributed by atoms with van der Waals surface area (Å²) in [6.07, 6.45) is 6.02. The minimum absolute atomic E-state index is 1.25. The summed E-state index contributed by atoms with van der Waals surface area (Å²) in [6, 6.07) is 9.22. The van der Waals surface area contributed by atoms with Crippen molar-refractivity contribution in [2.75, 3.05) is 0 Å². The van der Waals surface area contributed by atoms with Crippen molar-refractivity contribution in [2.45, 2.75) is 33.1 Å². The summed E-state index contributed by atoms with van der Waals surface area (Å²) in [6.45, 7) is 4.37. The van der Waals surface area contributed by atoms with Crippen molar-refractivity contribution < 1.29 is 4.57 Å². The summed E-state index contributed by atoms with van der Waals surface area (Å²) in [4.78, 5) is 0. The zero-order chi connectivity index (χ0) is 12.7.